The summed E-state index contributed by atoms with van der Waals surface area (Å²) < 4.78 is 6.47. The summed E-state index contributed by atoms with van der Waals surface area (Å²) in [6, 6.07) is 52.1. The highest BCUT2D eigenvalue weighted by Crippen LogP contribution is 2.41. The van der Waals surface area contributed by atoms with Gasteiger partial charge in [0.25, 0.3) is 0 Å². The van der Waals surface area contributed by atoms with Crippen molar-refractivity contribution in [1.29, 1.82) is 0 Å². The standard InChI is InChI=1S/C41H25N3O/c1-3-11-26(12-4-1)27-19-21-29(22-20-27)40-42-39(28-13-5-2-6-14-28)43-41(44-40)30-23-24-33-35(25-30)31-15-7-8-16-32(31)37-34-17-9-10-18-36(34)45-38(33)37/h1-25H. The minimum absolute atomic E-state index is 0.627. The lowest BCUT2D eigenvalue weighted by Crippen LogP contribution is -2.00. The Bertz CT molecular complexity index is 2520. The number of hydrogen-bond donors (Lipinski definition) is 0. The van der Waals surface area contributed by atoms with Crippen LogP contribution in [0.5, 0.6) is 0 Å². The summed E-state index contributed by atoms with van der Waals surface area (Å²) in [6.07, 6.45) is 0. The van der Waals surface area contributed by atoms with Crippen LogP contribution in [0, 0.1) is 0 Å². The molecule has 0 spiro atoms. The third kappa shape index (κ3) is 4.27. The molecule has 0 fully saturated rings. The lowest BCUT2D eigenvalue weighted by atomic mass is 9.95. The van der Waals surface area contributed by atoms with Gasteiger partial charge in [0.1, 0.15) is 11.2 Å². The van der Waals surface area contributed by atoms with Crippen LogP contribution in [0.25, 0.3) is 88.8 Å². The molecule has 7 aromatic carbocycles. The monoisotopic (exact) mass is 575 g/mol. The molecule has 0 saturated heterocycles. The fourth-order valence-electron chi connectivity index (χ4n) is 6.34. The lowest BCUT2D eigenvalue weighted by Gasteiger charge is -2.11. The first-order chi connectivity index (χ1) is 22.3. The van der Waals surface area contributed by atoms with Crippen molar-refractivity contribution in [2.75, 3.05) is 0 Å². The maximum absolute atomic E-state index is 6.47. The Morgan fingerprint density at radius 2 is 0.822 bits per heavy atom. The van der Waals surface area contributed by atoms with E-state index in [-0.39, 0.29) is 0 Å². The van der Waals surface area contributed by atoms with Gasteiger partial charge in [0.15, 0.2) is 17.5 Å². The summed E-state index contributed by atoms with van der Waals surface area (Å²) >= 11 is 0. The predicted molar refractivity (Wildman–Crippen MR) is 184 cm³/mol. The molecule has 9 aromatic rings. The Kier molecular flexibility index (Phi) is 5.78. The summed E-state index contributed by atoms with van der Waals surface area (Å²) in [5.74, 6) is 1.90. The van der Waals surface area contributed by atoms with Crippen LogP contribution in [0.2, 0.25) is 0 Å². The zero-order chi connectivity index (χ0) is 29.7. The molecule has 0 atom stereocenters. The van der Waals surface area contributed by atoms with Gasteiger partial charge in [-0.1, -0.05) is 133 Å². The van der Waals surface area contributed by atoms with Gasteiger partial charge in [-0.2, -0.15) is 0 Å². The van der Waals surface area contributed by atoms with Gasteiger partial charge in [0.05, 0.1) is 0 Å². The van der Waals surface area contributed by atoms with Crippen molar-refractivity contribution < 1.29 is 4.42 Å². The van der Waals surface area contributed by atoms with Gasteiger partial charge < -0.3 is 4.42 Å². The molecule has 210 valence electrons. The Hall–Kier alpha value is -6.13. The Morgan fingerprint density at radius 3 is 1.53 bits per heavy atom. The van der Waals surface area contributed by atoms with E-state index in [1.54, 1.807) is 0 Å². The number of hydrogen-bond acceptors (Lipinski definition) is 4. The molecule has 2 heterocycles. The summed E-state index contributed by atoms with van der Waals surface area (Å²) in [5, 5.41) is 6.78. The van der Waals surface area contributed by atoms with E-state index in [4.69, 9.17) is 19.4 Å². The number of rotatable bonds is 4. The molecule has 4 heteroatoms. The van der Waals surface area contributed by atoms with Gasteiger partial charge in [-0.15, -0.1) is 0 Å². The number of furan rings is 1. The van der Waals surface area contributed by atoms with Gasteiger partial charge in [-0.25, -0.2) is 15.0 Å². The molecule has 0 unspecified atom stereocenters. The summed E-state index contributed by atoms with van der Waals surface area (Å²) in [7, 11) is 0. The number of para-hydroxylation sites is 1. The van der Waals surface area contributed by atoms with Crippen LogP contribution >= 0.6 is 0 Å². The number of aromatic nitrogens is 3. The summed E-state index contributed by atoms with van der Waals surface area (Å²) in [6.45, 7) is 0. The van der Waals surface area contributed by atoms with E-state index in [0.717, 1.165) is 55.0 Å². The zero-order valence-electron chi connectivity index (χ0n) is 24.2. The summed E-state index contributed by atoms with van der Waals surface area (Å²) in [5.41, 5.74) is 6.91. The molecule has 0 radical (unpaired) electrons. The SMILES string of the molecule is c1ccc(-c2ccc(-c3nc(-c4ccccc4)nc(-c4ccc5c(c4)c4ccccc4c4c6ccccc6oc54)n3)cc2)cc1. The van der Waals surface area contributed by atoms with E-state index in [0.29, 0.717) is 17.5 Å². The van der Waals surface area contributed by atoms with Crippen LogP contribution in [0.15, 0.2) is 156 Å². The average molecular weight is 576 g/mol. The third-order valence-electron chi connectivity index (χ3n) is 8.52. The highest BCUT2D eigenvalue weighted by Gasteiger charge is 2.18. The molecule has 0 N–H and O–H groups in total. The highest BCUT2D eigenvalue weighted by molar-refractivity contribution is 6.30. The number of fused-ring (bicyclic) bond motifs is 8. The van der Waals surface area contributed by atoms with Crippen molar-refractivity contribution in [2.24, 2.45) is 0 Å². The fraction of sp³-hybridized carbons (Fsp3) is 0. The van der Waals surface area contributed by atoms with Crippen LogP contribution in [0.3, 0.4) is 0 Å². The number of benzene rings is 7. The van der Waals surface area contributed by atoms with Gasteiger partial charge in [0, 0.05) is 32.8 Å². The quantitative estimate of drug-likeness (QED) is 0.196. The molecule has 0 amide bonds. The zero-order valence-corrected chi connectivity index (χ0v) is 24.2. The van der Waals surface area contributed by atoms with E-state index < -0.39 is 0 Å². The molecular weight excluding hydrogens is 550 g/mol. The van der Waals surface area contributed by atoms with Crippen molar-refractivity contribution in [2.45, 2.75) is 0 Å². The lowest BCUT2D eigenvalue weighted by molar-refractivity contribution is 0.673. The van der Waals surface area contributed by atoms with Crippen molar-refractivity contribution in [3.05, 3.63) is 152 Å². The first-order valence-electron chi connectivity index (χ1n) is 15.0. The second-order valence-electron chi connectivity index (χ2n) is 11.2. The van der Waals surface area contributed by atoms with Crippen LogP contribution < -0.4 is 0 Å². The van der Waals surface area contributed by atoms with Crippen molar-refractivity contribution in [3.8, 4) is 45.3 Å². The summed E-state index contributed by atoms with van der Waals surface area (Å²) in [4.78, 5) is 15.0. The number of nitrogens with zero attached hydrogens (tertiary/aromatic N) is 3. The van der Waals surface area contributed by atoms with Crippen molar-refractivity contribution in [1.82, 2.24) is 15.0 Å². The molecule has 2 aromatic heterocycles. The average Bonchev–Trinajstić information content (AvgIpc) is 3.52. The Morgan fingerprint density at radius 1 is 0.333 bits per heavy atom. The molecule has 45 heavy (non-hydrogen) atoms. The van der Waals surface area contributed by atoms with Crippen LogP contribution in [-0.2, 0) is 0 Å². The minimum atomic E-state index is 0.627. The van der Waals surface area contributed by atoms with Gasteiger partial charge >= 0.3 is 0 Å². The van der Waals surface area contributed by atoms with E-state index in [1.165, 1.54) is 16.3 Å². The molecule has 0 bridgehead atoms. The van der Waals surface area contributed by atoms with E-state index in [1.807, 2.05) is 48.5 Å². The molecule has 0 aliphatic heterocycles. The van der Waals surface area contributed by atoms with Crippen molar-refractivity contribution in [3.63, 3.8) is 0 Å². The van der Waals surface area contributed by atoms with Gasteiger partial charge in [-0.05, 0) is 45.5 Å². The Labute approximate surface area is 259 Å². The van der Waals surface area contributed by atoms with Crippen LogP contribution in [-0.4, -0.2) is 15.0 Å². The topological polar surface area (TPSA) is 51.8 Å². The molecule has 0 aliphatic rings. The fourth-order valence-corrected chi connectivity index (χ4v) is 6.34. The van der Waals surface area contributed by atoms with Crippen molar-refractivity contribution >= 4 is 43.5 Å². The molecule has 0 saturated carbocycles. The first-order valence-corrected chi connectivity index (χ1v) is 15.0. The molecule has 4 nitrogen and oxygen atoms in total. The van der Waals surface area contributed by atoms with E-state index in [2.05, 4.69) is 103 Å². The smallest absolute Gasteiger partial charge is 0.164 e. The second-order valence-corrected chi connectivity index (χ2v) is 11.2. The second kappa shape index (κ2) is 10.2. The van der Waals surface area contributed by atoms with E-state index >= 15 is 0 Å². The normalized spacial score (nSPS) is 11.6. The first kappa shape index (κ1) is 25.4. The minimum Gasteiger partial charge on any atom is -0.455 e. The molecule has 0 aliphatic carbocycles. The maximum atomic E-state index is 6.47. The molecule has 9 rings (SSSR count). The third-order valence-corrected chi connectivity index (χ3v) is 8.52. The molecular formula is C41H25N3O. The largest absolute Gasteiger partial charge is 0.455 e. The Balaban J connectivity index is 1.25. The van der Waals surface area contributed by atoms with Crippen LogP contribution in [0.4, 0.5) is 0 Å². The van der Waals surface area contributed by atoms with Gasteiger partial charge in [-0.3, -0.25) is 0 Å². The van der Waals surface area contributed by atoms with E-state index in [9.17, 15) is 0 Å². The van der Waals surface area contributed by atoms with Crippen LogP contribution in [0.1, 0.15) is 0 Å². The maximum Gasteiger partial charge on any atom is 0.164 e. The predicted octanol–water partition coefficient (Wildman–Crippen LogP) is 10.7. The van der Waals surface area contributed by atoms with Gasteiger partial charge in [0.2, 0.25) is 0 Å². The highest BCUT2D eigenvalue weighted by atomic mass is 16.3.